The van der Waals surface area contributed by atoms with Crippen molar-refractivity contribution in [3.05, 3.63) is 57.8 Å². The Morgan fingerprint density at radius 3 is 2.85 bits per heavy atom. The van der Waals surface area contributed by atoms with Crippen molar-refractivity contribution < 1.29 is 4.79 Å². The molecule has 7 heteroatoms. The molecule has 0 fully saturated rings. The smallest absolute Gasteiger partial charge is 0.264 e. The van der Waals surface area contributed by atoms with Crippen LogP contribution in [0.15, 0.2) is 35.5 Å². The van der Waals surface area contributed by atoms with E-state index in [1.54, 1.807) is 11.7 Å². The molecule has 7 nitrogen and oxygen atoms in total. The number of hydrogen-bond donors (Lipinski definition) is 1. The molecule has 0 saturated heterocycles. The summed E-state index contributed by atoms with van der Waals surface area (Å²) >= 11 is 0. The van der Waals surface area contributed by atoms with Gasteiger partial charge in [0, 0.05) is 7.05 Å². The van der Waals surface area contributed by atoms with Crippen molar-refractivity contribution in [2.45, 2.75) is 45.2 Å². The molecular formula is C20H23N5O2. The molecule has 1 aliphatic carbocycles. The fraction of sp³-hybridized carbons (Fsp3) is 0.400. The molecule has 3 aromatic rings. The summed E-state index contributed by atoms with van der Waals surface area (Å²) in [6.07, 6.45) is 7.61. The number of nitrogens with one attached hydrogen (secondary N) is 1. The fourth-order valence-electron chi connectivity index (χ4n) is 3.73. The predicted molar refractivity (Wildman–Crippen MR) is 102 cm³/mol. The maximum absolute atomic E-state index is 12.5. The van der Waals surface area contributed by atoms with Crippen LogP contribution in [0.1, 0.15) is 42.5 Å². The highest BCUT2D eigenvalue weighted by Crippen LogP contribution is 2.24. The van der Waals surface area contributed by atoms with Crippen LogP contribution >= 0.6 is 0 Å². The number of carbonyl (C=O) groups excluding carboxylic acids is 1. The summed E-state index contributed by atoms with van der Waals surface area (Å²) in [6.45, 7) is 1.90. The summed E-state index contributed by atoms with van der Waals surface area (Å²) in [7, 11) is 1.73. The van der Waals surface area contributed by atoms with Crippen LogP contribution in [0.25, 0.3) is 11.0 Å². The lowest BCUT2D eigenvalue weighted by Crippen LogP contribution is -2.34. The Hall–Kier alpha value is -2.96. The molecule has 4 rings (SSSR count). The average molecular weight is 365 g/mol. The van der Waals surface area contributed by atoms with E-state index in [-0.39, 0.29) is 24.1 Å². The first-order valence-corrected chi connectivity index (χ1v) is 9.31. The molecule has 1 atom stereocenters. The van der Waals surface area contributed by atoms with Gasteiger partial charge >= 0.3 is 0 Å². The van der Waals surface area contributed by atoms with Gasteiger partial charge in [0.05, 0.1) is 12.2 Å². The molecule has 0 radical (unpaired) electrons. The highest BCUT2D eigenvalue weighted by atomic mass is 16.2. The lowest BCUT2D eigenvalue weighted by molar-refractivity contribution is -0.122. The van der Waals surface area contributed by atoms with Crippen LogP contribution < -0.4 is 10.9 Å². The van der Waals surface area contributed by atoms with Crippen LogP contribution in [0.5, 0.6) is 0 Å². The molecule has 1 aliphatic rings. The molecular weight excluding hydrogens is 342 g/mol. The zero-order valence-corrected chi connectivity index (χ0v) is 15.6. The number of rotatable bonds is 4. The second kappa shape index (κ2) is 6.98. The Bertz CT molecular complexity index is 1070. The maximum atomic E-state index is 12.5. The van der Waals surface area contributed by atoms with E-state index in [0.717, 1.165) is 18.4 Å². The monoisotopic (exact) mass is 365 g/mol. The summed E-state index contributed by atoms with van der Waals surface area (Å²) in [5.74, 6) is -0.215. The molecule has 140 valence electrons. The SMILES string of the molecule is C[C@H](NC(=O)Cn1cnc2c(cnn2C)c1=O)c1ccc2c(c1)CCCC2. The molecule has 2 aromatic heterocycles. The van der Waals surface area contributed by atoms with Crippen LogP contribution in [-0.4, -0.2) is 25.2 Å². The number of aryl methyl sites for hydroxylation is 3. The summed E-state index contributed by atoms with van der Waals surface area (Å²) < 4.78 is 2.86. The molecule has 0 bridgehead atoms. The normalized spacial score (nSPS) is 14.7. The first-order chi connectivity index (χ1) is 13.0. The predicted octanol–water partition coefficient (Wildman–Crippen LogP) is 1.89. The molecule has 0 aliphatic heterocycles. The van der Waals surface area contributed by atoms with Crippen molar-refractivity contribution in [2.24, 2.45) is 7.05 Å². The number of nitrogens with zero attached hydrogens (tertiary/aromatic N) is 4. The zero-order valence-electron chi connectivity index (χ0n) is 15.6. The average Bonchev–Trinajstić information content (AvgIpc) is 3.05. The Balaban J connectivity index is 1.48. The van der Waals surface area contributed by atoms with E-state index < -0.39 is 0 Å². The quantitative estimate of drug-likeness (QED) is 0.765. The topological polar surface area (TPSA) is 81.8 Å². The van der Waals surface area contributed by atoms with E-state index in [2.05, 4.69) is 33.6 Å². The molecule has 0 spiro atoms. The number of amides is 1. The van der Waals surface area contributed by atoms with Crippen LogP contribution in [0, 0.1) is 0 Å². The van der Waals surface area contributed by atoms with Gasteiger partial charge in [-0.05, 0) is 49.3 Å². The van der Waals surface area contributed by atoms with Gasteiger partial charge in [0.1, 0.15) is 18.3 Å². The molecule has 1 amide bonds. The van der Waals surface area contributed by atoms with Crippen molar-refractivity contribution >= 4 is 16.9 Å². The number of carbonyl (C=O) groups is 1. The second-order valence-corrected chi connectivity index (χ2v) is 7.21. The second-order valence-electron chi connectivity index (χ2n) is 7.21. The Morgan fingerprint density at radius 1 is 1.26 bits per heavy atom. The first kappa shape index (κ1) is 17.5. The van der Waals surface area contributed by atoms with E-state index in [1.807, 2.05) is 6.92 Å². The van der Waals surface area contributed by atoms with Gasteiger partial charge in [-0.25, -0.2) is 4.98 Å². The van der Waals surface area contributed by atoms with E-state index in [1.165, 1.54) is 41.1 Å². The Morgan fingerprint density at radius 2 is 2.04 bits per heavy atom. The molecule has 1 N–H and O–H groups in total. The molecule has 27 heavy (non-hydrogen) atoms. The van der Waals surface area contributed by atoms with Gasteiger partial charge in [-0.2, -0.15) is 5.10 Å². The van der Waals surface area contributed by atoms with Crippen molar-refractivity contribution in [3.8, 4) is 0 Å². The minimum absolute atomic E-state index is 0.0635. The lowest BCUT2D eigenvalue weighted by Gasteiger charge is -2.20. The number of hydrogen-bond acceptors (Lipinski definition) is 4. The van der Waals surface area contributed by atoms with E-state index in [9.17, 15) is 9.59 Å². The molecule has 1 aromatic carbocycles. The largest absolute Gasteiger partial charge is 0.348 e. The van der Waals surface area contributed by atoms with E-state index in [4.69, 9.17) is 0 Å². The molecule has 2 heterocycles. The van der Waals surface area contributed by atoms with Gasteiger partial charge in [-0.3, -0.25) is 18.8 Å². The molecule has 0 saturated carbocycles. The van der Waals surface area contributed by atoms with Crippen molar-refractivity contribution in [2.75, 3.05) is 0 Å². The third-order valence-corrected chi connectivity index (χ3v) is 5.28. The third-order valence-electron chi connectivity index (χ3n) is 5.28. The van der Waals surface area contributed by atoms with Gasteiger partial charge in [-0.15, -0.1) is 0 Å². The number of aromatic nitrogens is 4. The fourth-order valence-corrected chi connectivity index (χ4v) is 3.73. The van der Waals surface area contributed by atoms with Gasteiger partial charge in [0.25, 0.3) is 5.56 Å². The van der Waals surface area contributed by atoms with E-state index >= 15 is 0 Å². The minimum Gasteiger partial charge on any atom is -0.348 e. The summed E-state index contributed by atoms with van der Waals surface area (Å²) in [5.41, 5.74) is 4.16. The van der Waals surface area contributed by atoms with Crippen LogP contribution in [0.4, 0.5) is 0 Å². The standard InChI is InChI=1S/C20H23N5O2/c1-13(15-8-7-14-5-3-4-6-16(14)9-15)23-18(26)11-25-12-21-19-17(20(25)27)10-22-24(19)2/h7-10,12-13H,3-6,11H2,1-2H3,(H,23,26)/t13-/m0/s1. The van der Waals surface area contributed by atoms with Crippen molar-refractivity contribution in [3.63, 3.8) is 0 Å². The van der Waals surface area contributed by atoms with Gasteiger partial charge in [-0.1, -0.05) is 18.2 Å². The lowest BCUT2D eigenvalue weighted by atomic mass is 9.89. The summed E-state index contributed by atoms with van der Waals surface area (Å²) in [4.78, 5) is 29.2. The maximum Gasteiger partial charge on any atom is 0.264 e. The van der Waals surface area contributed by atoms with Crippen LogP contribution in [0.3, 0.4) is 0 Å². The van der Waals surface area contributed by atoms with Gasteiger partial charge < -0.3 is 5.32 Å². The van der Waals surface area contributed by atoms with Crippen molar-refractivity contribution in [1.82, 2.24) is 24.6 Å². The summed E-state index contributed by atoms with van der Waals surface area (Å²) in [6, 6.07) is 6.35. The van der Waals surface area contributed by atoms with Crippen molar-refractivity contribution in [1.29, 1.82) is 0 Å². The highest BCUT2D eigenvalue weighted by molar-refractivity contribution is 5.77. The van der Waals surface area contributed by atoms with Crippen LogP contribution in [0.2, 0.25) is 0 Å². The summed E-state index contributed by atoms with van der Waals surface area (Å²) in [5, 5.41) is 7.44. The first-order valence-electron chi connectivity index (χ1n) is 9.31. The minimum atomic E-state index is -0.260. The van der Waals surface area contributed by atoms with Crippen LogP contribution in [-0.2, 0) is 31.2 Å². The molecule has 0 unspecified atom stereocenters. The highest BCUT2D eigenvalue weighted by Gasteiger charge is 2.15. The third kappa shape index (κ3) is 3.37. The number of fused-ring (bicyclic) bond motifs is 2. The van der Waals surface area contributed by atoms with E-state index in [0.29, 0.717) is 11.0 Å². The Labute approximate surface area is 157 Å². The number of benzene rings is 1. The Kier molecular flexibility index (Phi) is 4.51. The van der Waals surface area contributed by atoms with Gasteiger partial charge in [0.15, 0.2) is 5.65 Å². The van der Waals surface area contributed by atoms with Gasteiger partial charge in [0.2, 0.25) is 5.91 Å². The zero-order chi connectivity index (χ0) is 19.0.